The summed E-state index contributed by atoms with van der Waals surface area (Å²) in [5, 5.41) is 6.10. The molecule has 0 radical (unpaired) electrons. The van der Waals surface area contributed by atoms with Crippen molar-refractivity contribution in [1.29, 1.82) is 0 Å². The van der Waals surface area contributed by atoms with Crippen LogP contribution in [0.15, 0.2) is 53.9 Å². The first-order valence-corrected chi connectivity index (χ1v) is 7.61. The van der Waals surface area contributed by atoms with Gasteiger partial charge in [-0.3, -0.25) is 4.79 Å². The Morgan fingerprint density at radius 2 is 1.90 bits per heavy atom. The topological polar surface area (TPSA) is 29.1 Å². The quantitative estimate of drug-likeness (QED) is 0.685. The van der Waals surface area contributed by atoms with Crippen molar-refractivity contribution in [2.45, 2.75) is 5.88 Å². The standard InChI is InChI=1S/C16H12ClNOS/c17-10-11-1-3-12(4-2-11)16(19)18-14-5-6-15-13(9-14)7-8-20-15/h1-9H,10H2,(H,18,19). The van der Waals surface area contributed by atoms with Crippen molar-refractivity contribution in [3.05, 3.63) is 65.0 Å². The van der Waals surface area contributed by atoms with E-state index in [1.807, 2.05) is 41.8 Å². The molecular weight excluding hydrogens is 290 g/mol. The molecule has 20 heavy (non-hydrogen) atoms. The number of benzene rings is 2. The molecule has 1 N–H and O–H groups in total. The lowest BCUT2D eigenvalue weighted by Gasteiger charge is -2.06. The number of hydrogen-bond acceptors (Lipinski definition) is 2. The number of carbonyl (C=O) groups is 1. The Kier molecular flexibility index (Phi) is 3.72. The van der Waals surface area contributed by atoms with E-state index in [0.717, 1.165) is 16.6 Å². The monoisotopic (exact) mass is 301 g/mol. The molecule has 0 aliphatic rings. The lowest BCUT2D eigenvalue weighted by atomic mass is 10.1. The highest BCUT2D eigenvalue weighted by Gasteiger charge is 2.06. The second-order valence-electron chi connectivity index (χ2n) is 4.46. The molecule has 0 atom stereocenters. The maximum absolute atomic E-state index is 12.1. The van der Waals surface area contributed by atoms with Gasteiger partial charge in [-0.05, 0) is 52.7 Å². The van der Waals surface area contributed by atoms with Crippen molar-refractivity contribution in [2.24, 2.45) is 0 Å². The van der Waals surface area contributed by atoms with Gasteiger partial charge < -0.3 is 5.32 Å². The fourth-order valence-corrected chi connectivity index (χ4v) is 2.94. The van der Waals surface area contributed by atoms with E-state index in [1.165, 1.54) is 4.70 Å². The van der Waals surface area contributed by atoms with Crippen LogP contribution in [-0.2, 0) is 5.88 Å². The molecule has 0 saturated carbocycles. The Morgan fingerprint density at radius 3 is 2.65 bits per heavy atom. The van der Waals surface area contributed by atoms with Crippen LogP contribution in [0.4, 0.5) is 5.69 Å². The molecule has 0 aliphatic heterocycles. The Hall–Kier alpha value is -1.84. The minimum atomic E-state index is -0.110. The van der Waals surface area contributed by atoms with Crippen LogP contribution in [0.5, 0.6) is 0 Å². The molecule has 0 fully saturated rings. The SMILES string of the molecule is O=C(Nc1ccc2sccc2c1)c1ccc(CCl)cc1. The summed E-state index contributed by atoms with van der Waals surface area (Å²) in [6.45, 7) is 0. The van der Waals surface area contributed by atoms with Crippen molar-refractivity contribution in [3.8, 4) is 0 Å². The molecule has 1 aromatic heterocycles. The second-order valence-corrected chi connectivity index (χ2v) is 5.67. The molecule has 0 bridgehead atoms. The lowest BCUT2D eigenvalue weighted by molar-refractivity contribution is 0.102. The first-order chi connectivity index (χ1) is 9.76. The fourth-order valence-electron chi connectivity index (χ4n) is 1.99. The maximum atomic E-state index is 12.1. The summed E-state index contributed by atoms with van der Waals surface area (Å²) >= 11 is 7.42. The zero-order chi connectivity index (χ0) is 13.9. The summed E-state index contributed by atoms with van der Waals surface area (Å²) in [6.07, 6.45) is 0. The smallest absolute Gasteiger partial charge is 0.255 e. The zero-order valence-electron chi connectivity index (χ0n) is 10.6. The van der Waals surface area contributed by atoms with Gasteiger partial charge in [0.1, 0.15) is 0 Å². The third kappa shape index (κ3) is 2.69. The Balaban J connectivity index is 1.80. The lowest BCUT2D eigenvalue weighted by Crippen LogP contribution is -2.11. The number of alkyl halides is 1. The van der Waals surface area contributed by atoms with Crippen molar-refractivity contribution >= 4 is 44.6 Å². The van der Waals surface area contributed by atoms with Gasteiger partial charge in [0.25, 0.3) is 5.91 Å². The van der Waals surface area contributed by atoms with E-state index < -0.39 is 0 Å². The van der Waals surface area contributed by atoms with Gasteiger partial charge in [-0.1, -0.05) is 12.1 Å². The molecule has 0 unspecified atom stereocenters. The van der Waals surface area contributed by atoms with Crippen molar-refractivity contribution in [2.75, 3.05) is 5.32 Å². The van der Waals surface area contributed by atoms with Gasteiger partial charge in [0.15, 0.2) is 0 Å². The van der Waals surface area contributed by atoms with Gasteiger partial charge >= 0.3 is 0 Å². The van der Waals surface area contributed by atoms with Crippen LogP contribution in [0, 0.1) is 0 Å². The van der Waals surface area contributed by atoms with E-state index in [4.69, 9.17) is 11.6 Å². The van der Waals surface area contributed by atoms with Gasteiger partial charge in [-0.2, -0.15) is 0 Å². The largest absolute Gasteiger partial charge is 0.322 e. The predicted molar refractivity (Wildman–Crippen MR) is 85.8 cm³/mol. The van der Waals surface area contributed by atoms with E-state index in [0.29, 0.717) is 11.4 Å². The molecule has 0 aliphatic carbocycles. The second kappa shape index (κ2) is 5.65. The highest BCUT2D eigenvalue weighted by Crippen LogP contribution is 2.24. The fraction of sp³-hybridized carbons (Fsp3) is 0.0625. The third-order valence-corrected chi connectivity index (χ3v) is 4.29. The molecule has 100 valence electrons. The van der Waals surface area contributed by atoms with Gasteiger partial charge in [0.2, 0.25) is 0 Å². The number of fused-ring (bicyclic) bond motifs is 1. The van der Waals surface area contributed by atoms with E-state index in [1.54, 1.807) is 23.5 Å². The Bertz CT molecular complexity index is 749. The van der Waals surface area contributed by atoms with E-state index in [9.17, 15) is 4.79 Å². The molecule has 3 rings (SSSR count). The van der Waals surface area contributed by atoms with Crippen LogP contribution in [0.2, 0.25) is 0 Å². The predicted octanol–water partition coefficient (Wildman–Crippen LogP) is 4.89. The van der Waals surface area contributed by atoms with Crippen LogP contribution in [0.25, 0.3) is 10.1 Å². The molecular formula is C16H12ClNOS. The van der Waals surface area contributed by atoms with Crippen LogP contribution < -0.4 is 5.32 Å². The maximum Gasteiger partial charge on any atom is 0.255 e. The number of carbonyl (C=O) groups excluding carboxylic acids is 1. The van der Waals surface area contributed by atoms with Crippen molar-refractivity contribution in [3.63, 3.8) is 0 Å². The van der Waals surface area contributed by atoms with Gasteiger partial charge in [-0.25, -0.2) is 0 Å². The number of rotatable bonds is 3. The summed E-state index contributed by atoms with van der Waals surface area (Å²) < 4.78 is 1.22. The van der Waals surface area contributed by atoms with Gasteiger partial charge in [0.05, 0.1) is 0 Å². The number of halogens is 1. The molecule has 2 aromatic carbocycles. The number of amides is 1. The van der Waals surface area contributed by atoms with E-state index >= 15 is 0 Å². The normalized spacial score (nSPS) is 10.7. The molecule has 1 heterocycles. The highest BCUT2D eigenvalue weighted by atomic mass is 35.5. The Morgan fingerprint density at radius 1 is 1.10 bits per heavy atom. The molecule has 1 amide bonds. The number of hydrogen-bond donors (Lipinski definition) is 1. The summed E-state index contributed by atoms with van der Waals surface area (Å²) in [6, 6.07) is 15.3. The first-order valence-electron chi connectivity index (χ1n) is 6.20. The number of anilines is 1. The van der Waals surface area contributed by atoms with Gasteiger partial charge in [0, 0.05) is 21.8 Å². The van der Waals surface area contributed by atoms with Crippen LogP contribution in [0.1, 0.15) is 15.9 Å². The van der Waals surface area contributed by atoms with E-state index in [-0.39, 0.29) is 5.91 Å². The van der Waals surface area contributed by atoms with Gasteiger partial charge in [-0.15, -0.1) is 22.9 Å². The first kappa shape index (κ1) is 13.2. The molecule has 3 aromatic rings. The summed E-state index contributed by atoms with van der Waals surface area (Å²) in [5.41, 5.74) is 2.44. The summed E-state index contributed by atoms with van der Waals surface area (Å²) in [4.78, 5) is 12.1. The average Bonchev–Trinajstić information content (AvgIpc) is 2.95. The highest BCUT2D eigenvalue weighted by molar-refractivity contribution is 7.17. The third-order valence-electron chi connectivity index (χ3n) is 3.08. The van der Waals surface area contributed by atoms with Crippen LogP contribution in [-0.4, -0.2) is 5.91 Å². The minimum absolute atomic E-state index is 0.110. The molecule has 4 heteroatoms. The molecule has 2 nitrogen and oxygen atoms in total. The van der Waals surface area contributed by atoms with Crippen LogP contribution >= 0.6 is 22.9 Å². The average molecular weight is 302 g/mol. The van der Waals surface area contributed by atoms with Crippen molar-refractivity contribution < 1.29 is 4.79 Å². The minimum Gasteiger partial charge on any atom is -0.322 e. The molecule has 0 spiro atoms. The van der Waals surface area contributed by atoms with E-state index in [2.05, 4.69) is 5.32 Å². The van der Waals surface area contributed by atoms with Crippen LogP contribution in [0.3, 0.4) is 0 Å². The van der Waals surface area contributed by atoms with Crippen molar-refractivity contribution in [1.82, 2.24) is 0 Å². The number of nitrogens with one attached hydrogen (secondary N) is 1. The molecule has 0 saturated heterocycles. The zero-order valence-corrected chi connectivity index (χ0v) is 12.2. The Labute approximate surface area is 126 Å². The summed E-state index contributed by atoms with van der Waals surface area (Å²) in [7, 11) is 0. The summed E-state index contributed by atoms with van der Waals surface area (Å²) in [5.74, 6) is 0.345. The number of thiophene rings is 1.